The van der Waals surface area contributed by atoms with E-state index in [1.807, 2.05) is 0 Å². The molecule has 1 fully saturated rings. The fourth-order valence-corrected chi connectivity index (χ4v) is 2.01. The summed E-state index contributed by atoms with van der Waals surface area (Å²) in [6.45, 7) is 7.53. The first kappa shape index (κ1) is 13.7. The summed E-state index contributed by atoms with van der Waals surface area (Å²) >= 11 is 0. The summed E-state index contributed by atoms with van der Waals surface area (Å²) in [5.41, 5.74) is 0. The minimum absolute atomic E-state index is 0.0148. The Bertz CT molecular complexity index is 289. The number of nitrogens with one attached hydrogen (secondary N) is 1. The van der Waals surface area contributed by atoms with Gasteiger partial charge in [-0.2, -0.15) is 0 Å². The molecular formula is C13H22N2O2. The highest BCUT2D eigenvalue weighted by Crippen LogP contribution is 2.17. The molecule has 1 heterocycles. The van der Waals surface area contributed by atoms with Gasteiger partial charge in [-0.25, -0.2) is 0 Å². The van der Waals surface area contributed by atoms with Crippen LogP contribution >= 0.6 is 0 Å². The molecule has 2 amide bonds. The van der Waals surface area contributed by atoms with Crippen molar-refractivity contribution in [2.24, 2.45) is 5.92 Å². The van der Waals surface area contributed by atoms with Gasteiger partial charge in [0, 0.05) is 26.1 Å². The molecule has 1 aliphatic heterocycles. The van der Waals surface area contributed by atoms with E-state index in [4.69, 9.17) is 0 Å². The van der Waals surface area contributed by atoms with Crippen LogP contribution in [0.25, 0.3) is 0 Å². The normalized spacial score (nSPS) is 19.5. The SMILES string of the molecule is C=CCN1CC(C(=O)NCCCCC)CC1=O. The Morgan fingerprint density at radius 2 is 2.35 bits per heavy atom. The smallest absolute Gasteiger partial charge is 0.225 e. The second kappa shape index (κ2) is 7.09. The van der Waals surface area contributed by atoms with Gasteiger partial charge in [-0.15, -0.1) is 6.58 Å². The number of amides is 2. The van der Waals surface area contributed by atoms with E-state index < -0.39 is 0 Å². The monoisotopic (exact) mass is 238 g/mol. The number of nitrogens with zero attached hydrogens (tertiary/aromatic N) is 1. The minimum atomic E-state index is -0.177. The maximum atomic E-state index is 11.8. The summed E-state index contributed by atoms with van der Waals surface area (Å²) in [5, 5.41) is 2.90. The molecule has 1 saturated heterocycles. The zero-order chi connectivity index (χ0) is 12.7. The predicted molar refractivity (Wildman–Crippen MR) is 67.4 cm³/mol. The number of carbonyl (C=O) groups is 2. The van der Waals surface area contributed by atoms with Crippen LogP contribution in [0.4, 0.5) is 0 Å². The van der Waals surface area contributed by atoms with Crippen molar-refractivity contribution >= 4 is 11.8 Å². The molecule has 0 aromatic carbocycles. The van der Waals surface area contributed by atoms with Gasteiger partial charge in [0.15, 0.2) is 0 Å². The van der Waals surface area contributed by atoms with E-state index in [9.17, 15) is 9.59 Å². The molecule has 0 aromatic heterocycles. The number of rotatable bonds is 7. The number of hydrogen-bond acceptors (Lipinski definition) is 2. The summed E-state index contributed by atoms with van der Waals surface area (Å²) in [7, 11) is 0. The summed E-state index contributed by atoms with van der Waals surface area (Å²) in [5.74, 6) is -0.108. The molecule has 0 aromatic rings. The van der Waals surface area contributed by atoms with Crippen LogP contribution in [-0.2, 0) is 9.59 Å². The van der Waals surface area contributed by atoms with Gasteiger partial charge in [-0.1, -0.05) is 25.8 Å². The third-order valence-corrected chi connectivity index (χ3v) is 3.01. The highest BCUT2D eigenvalue weighted by Gasteiger charge is 2.33. The molecule has 4 nitrogen and oxygen atoms in total. The van der Waals surface area contributed by atoms with Crippen molar-refractivity contribution in [1.29, 1.82) is 0 Å². The van der Waals surface area contributed by atoms with Crippen LogP contribution in [0.1, 0.15) is 32.6 Å². The molecule has 1 aliphatic rings. The van der Waals surface area contributed by atoms with E-state index in [1.165, 1.54) is 0 Å². The van der Waals surface area contributed by atoms with E-state index >= 15 is 0 Å². The lowest BCUT2D eigenvalue weighted by atomic mass is 10.1. The predicted octanol–water partition coefficient (Wildman–Crippen LogP) is 1.33. The average Bonchev–Trinajstić information content (AvgIpc) is 2.67. The van der Waals surface area contributed by atoms with Crippen molar-refractivity contribution in [2.45, 2.75) is 32.6 Å². The summed E-state index contributed by atoms with van der Waals surface area (Å²) in [6.07, 6.45) is 5.32. The van der Waals surface area contributed by atoms with Gasteiger partial charge in [-0.3, -0.25) is 9.59 Å². The lowest BCUT2D eigenvalue weighted by Gasteiger charge is -2.13. The zero-order valence-electron chi connectivity index (χ0n) is 10.6. The lowest BCUT2D eigenvalue weighted by Crippen LogP contribution is -2.33. The third kappa shape index (κ3) is 4.21. The third-order valence-electron chi connectivity index (χ3n) is 3.01. The van der Waals surface area contributed by atoms with Gasteiger partial charge in [0.2, 0.25) is 11.8 Å². The van der Waals surface area contributed by atoms with Gasteiger partial charge in [0.25, 0.3) is 0 Å². The van der Waals surface area contributed by atoms with Crippen molar-refractivity contribution in [3.8, 4) is 0 Å². The highest BCUT2D eigenvalue weighted by molar-refractivity contribution is 5.89. The zero-order valence-corrected chi connectivity index (χ0v) is 10.6. The van der Waals surface area contributed by atoms with Gasteiger partial charge in [0.1, 0.15) is 0 Å². The summed E-state index contributed by atoms with van der Waals surface area (Å²) in [6, 6.07) is 0. The Morgan fingerprint density at radius 3 is 3.00 bits per heavy atom. The average molecular weight is 238 g/mol. The van der Waals surface area contributed by atoms with Crippen molar-refractivity contribution in [1.82, 2.24) is 10.2 Å². The molecule has 0 aliphatic carbocycles. The molecule has 1 rings (SSSR count). The van der Waals surface area contributed by atoms with E-state index in [0.717, 1.165) is 25.8 Å². The first-order valence-corrected chi connectivity index (χ1v) is 6.35. The van der Waals surface area contributed by atoms with Crippen LogP contribution in [0.15, 0.2) is 12.7 Å². The summed E-state index contributed by atoms with van der Waals surface area (Å²) in [4.78, 5) is 25.0. The number of hydrogen-bond donors (Lipinski definition) is 1. The van der Waals surface area contributed by atoms with Gasteiger partial charge in [0.05, 0.1) is 5.92 Å². The van der Waals surface area contributed by atoms with Crippen LogP contribution in [0.5, 0.6) is 0 Å². The van der Waals surface area contributed by atoms with Gasteiger partial charge >= 0.3 is 0 Å². The quantitative estimate of drug-likeness (QED) is 0.537. The topological polar surface area (TPSA) is 49.4 Å². The van der Waals surface area contributed by atoms with Crippen LogP contribution in [0.2, 0.25) is 0 Å². The molecule has 0 bridgehead atoms. The lowest BCUT2D eigenvalue weighted by molar-refractivity contribution is -0.128. The van der Waals surface area contributed by atoms with Crippen LogP contribution < -0.4 is 5.32 Å². The first-order valence-electron chi connectivity index (χ1n) is 6.35. The molecular weight excluding hydrogens is 216 g/mol. The fraction of sp³-hybridized carbons (Fsp3) is 0.692. The molecule has 1 unspecified atom stereocenters. The Kier molecular flexibility index (Phi) is 5.73. The molecule has 1 N–H and O–H groups in total. The van der Waals surface area contributed by atoms with Crippen LogP contribution in [0, 0.1) is 5.92 Å². The molecule has 0 saturated carbocycles. The van der Waals surface area contributed by atoms with Crippen molar-refractivity contribution in [2.75, 3.05) is 19.6 Å². The standard InChI is InChI=1S/C13H22N2O2/c1-3-5-6-7-14-13(17)11-9-12(16)15(10-11)8-4-2/h4,11H,2-3,5-10H2,1H3,(H,14,17). The van der Waals surface area contributed by atoms with Gasteiger partial charge in [-0.05, 0) is 6.42 Å². The maximum absolute atomic E-state index is 11.8. The fourth-order valence-electron chi connectivity index (χ4n) is 2.01. The maximum Gasteiger partial charge on any atom is 0.225 e. The Balaban J connectivity index is 2.29. The van der Waals surface area contributed by atoms with Crippen molar-refractivity contribution in [3.63, 3.8) is 0 Å². The van der Waals surface area contributed by atoms with E-state index in [1.54, 1.807) is 11.0 Å². The first-order chi connectivity index (χ1) is 8.19. The summed E-state index contributed by atoms with van der Waals surface area (Å²) < 4.78 is 0. The number of likely N-dealkylation sites (tertiary alicyclic amines) is 1. The van der Waals surface area contributed by atoms with Gasteiger partial charge < -0.3 is 10.2 Å². The molecule has 0 radical (unpaired) electrons. The van der Waals surface area contributed by atoms with E-state index in [2.05, 4.69) is 18.8 Å². The molecule has 4 heteroatoms. The van der Waals surface area contributed by atoms with E-state index in [-0.39, 0.29) is 17.7 Å². The Morgan fingerprint density at radius 1 is 1.59 bits per heavy atom. The number of unbranched alkanes of at least 4 members (excludes halogenated alkanes) is 2. The Hall–Kier alpha value is -1.32. The molecule has 0 spiro atoms. The minimum Gasteiger partial charge on any atom is -0.356 e. The largest absolute Gasteiger partial charge is 0.356 e. The molecule has 1 atom stereocenters. The highest BCUT2D eigenvalue weighted by atomic mass is 16.2. The second-order valence-electron chi connectivity index (χ2n) is 4.49. The van der Waals surface area contributed by atoms with E-state index in [0.29, 0.717) is 19.5 Å². The van der Waals surface area contributed by atoms with Crippen molar-refractivity contribution < 1.29 is 9.59 Å². The second-order valence-corrected chi connectivity index (χ2v) is 4.49. The Labute approximate surface area is 103 Å². The molecule has 96 valence electrons. The van der Waals surface area contributed by atoms with Crippen LogP contribution in [0.3, 0.4) is 0 Å². The van der Waals surface area contributed by atoms with Crippen LogP contribution in [-0.4, -0.2) is 36.3 Å². The number of carbonyl (C=O) groups excluding carboxylic acids is 2. The van der Waals surface area contributed by atoms with Crippen molar-refractivity contribution in [3.05, 3.63) is 12.7 Å². The molecule has 17 heavy (non-hydrogen) atoms.